The van der Waals surface area contributed by atoms with Gasteiger partial charge in [-0.25, -0.2) is 8.78 Å². The molecule has 0 saturated carbocycles. The summed E-state index contributed by atoms with van der Waals surface area (Å²) in [5.74, 6) is -1.61. The summed E-state index contributed by atoms with van der Waals surface area (Å²) in [6.07, 6.45) is 0.607. The van der Waals surface area contributed by atoms with Gasteiger partial charge in [0.2, 0.25) is 0 Å². The van der Waals surface area contributed by atoms with Gasteiger partial charge in [0.25, 0.3) is 0 Å². The van der Waals surface area contributed by atoms with Crippen LogP contribution in [0.3, 0.4) is 0 Å². The van der Waals surface area contributed by atoms with Crippen LogP contribution in [-0.4, -0.2) is 0 Å². The number of alkyl halides is 1. The molecule has 0 spiro atoms. The number of fused-ring (bicyclic) bond motifs is 1. The molecule has 1 atom stereocenters. The Bertz CT molecular complexity index is 798. The van der Waals surface area contributed by atoms with Crippen LogP contribution in [0.4, 0.5) is 8.78 Å². The van der Waals surface area contributed by atoms with Crippen LogP contribution in [0, 0.1) is 11.6 Å². The fraction of sp³-hybridized carbons (Fsp3) is 0.125. The summed E-state index contributed by atoms with van der Waals surface area (Å²) in [4.78, 5) is 0.0606. The maximum Gasteiger partial charge on any atom is 0.159 e. The van der Waals surface area contributed by atoms with Crippen molar-refractivity contribution in [2.24, 2.45) is 0 Å². The molecule has 0 fully saturated rings. The van der Waals surface area contributed by atoms with E-state index in [4.69, 9.17) is 0 Å². The minimum atomic E-state index is -0.810. The Hall–Kier alpha value is -0.780. The lowest BCUT2D eigenvalue weighted by molar-refractivity contribution is 0.507. The van der Waals surface area contributed by atoms with Gasteiger partial charge in [-0.3, -0.25) is 0 Å². The van der Waals surface area contributed by atoms with Crippen molar-refractivity contribution in [3.05, 3.63) is 69.0 Å². The summed E-state index contributed by atoms with van der Waals surface area (Å²) in [7, 11) is 0. The van der Waals surface area contributed by atoms with E-state index >= 15 is 0 Å². The van der Waals surface area contributed by atoms with Crippen molar-refractivity contribution < 1.29 is 8.78 Å². The highest BCUT2D eigenvalue weighted by atomic mass is 79.9. The second kappa shape index (κ2) is 6.15. The molecule has 1 heterocycles. The molecule has 21 heavy (non-hydrogen) atoms. The largest absolute Gasteiger partial charge is 0.204 e. The van der Waals surface area contributed by atoms with E-state index in [0.717, 1.165) is 10.0 Å². The van der Waals surface area contributed by atoms with Crippen molar-refractivity contribution in [3.63, 3.8) is 0 Å². The number of hydrogen-bond acceptors (Lipinski definition) is 1. The number of halogens is 4. The zero-order valence-electron chi connectivity index (χ0n) is 10.7. The lowest BCUT2D eigenvalue weighted by Crippen LogP contribution is -1.96. The molecular formula is C16H10Br2F2S. The first-order chi connectivity index (χ1) is 10.1. The SMILES string of the molecule is Fc1ccc(CC(Br)c2csc3c(Br)cccc23)cc1F. The van der Waals surface area contributed by atoms with Crippen LogP contribution < -0.4 is 0 Å². The summed E-state index contributed by atoms with van der Waals surface area (Å²) >= 11 is 8.89. The first kappa shape index (κ1) is 15.1. The van der Waals surface area contributed by atoms with Crippen LogP contribution in [0.25, 0.3) is 10.1 Å². The van der Waals surface area contributed by atoms with Gasteiger partial charge in [0.1, 0.15) is 0 Å². The summed E-state index contributed by atoms with van der Waals surface area (Å²) in [5.41, 5.74) is 1.94. The molecule has 0 saturated heterocycles. The van der Waals surface area contributed by atoms with Crippen LogP contribution >= 0.6 is 43.2 Å². The van der Waals surface area contributed by atoms with Crippen molar-refractivity contribution >= 4 is 53.3 Å². The Balaban J connectivity index is 1.91. The first-order valence-electron chi connectivity index (χ1n) is 6.30. The van der Waals surface area contributed by atoms with E-state index in [1.807, 2.05) is 12.1 Å². The average Bonchev–Trinajstić information content (AvgIpc) is 2.88. The van der Waals surface area contributed by atoms with Gasteiger partial charge in [-0.15, -0.1) is 11.3 Å². The average molecular weight is 432 g/mol. The van der Waals surface area contributed by atoms with Gasteiger partial charge in [0, 0.05) is 14.0 Å². The molecule has 108 valence electrons. The number of rotatable bonds is 3. The smallest absolute Gasteiger partial charge is 0.159 e. The molecule has 0 aliphatic carbocycles. The second-order valence-electron chi connectivity index (χ2n) is 4.73. The van der Waals surface area contributed by atoms with Crippen LogP contribution in [0.1, 0.15) is 16.0 Å². The Morgan fingerprint density at radius 3 is 2.67 bits per heavy atom. The van der Waals surface area contributed by atoms with Gasteiger partial charge in [-0.2, -0.15) is 0 Å². The van der Waals surface area contributed by atoms with Gasteiger partial charge >= 0.3 is 0 Å². The monoisotopic (exact) mass is 430 g/mol. The summed E-state index contributed by atoms with van der Waals surface area (Å²) < 4.78 is 28.5. The Labute approximate surface area is 142 Å². The van der Waals surface area contributed by atoms with E-state index in [1.165, 1.54) is 27.8 Å². The summed E-state index contributed by atoms with van der Waals surface area (Å²) in [6, 6.07) is 10.1. The van der Waals surface area contributed by atoms with Crippen molar-refractivity contribution in [1.82, 2.24) is 0 Å². The standard InChI is InChI=1S/C16H10Br2F2S/c17-12-3-1-2-10-11(8-21-16(10)12)13(18)6-9-4-5-14(19)15(20)7-9/h1-5,7-8,13H,6H2. The Morgan fingerprint density at radius 1 is 1.10 bits per heavy atom. The normalized spacial score (nSPS) is 12.8. The van der Waals surface area contributed by atoms with Gasteiger partial charge in [0.05, 0.1) is 0 Å². The van der Waals surface area contributed by atoms with Crippen LogP contribution in [0.15, 0.2) is 46.3 Å². The van der Waals surface area contributed by atoms with E-state index in [2.05, 4.69) is 43.3 Å². The summed E-state index contributed by atoms with van der Waals surface area (Å²) in [6.45, 7) is 0. The molecule has 3 aromatic rings. The number of hydrogen-bond donors (Lipinski definition) is 0. The molecule has 0 radical (unpaired) electrons. The predicted octanol–water partition coefficient (Wildman–Crippen LogP) is 6.62. The molecule has 0 aliphatic rings. The highest BCUT2D eigenvalue weighted by Crippen LogP contribution is 2.39. The van der Waals surface area contributed by atoms with E-state index in [1.54, 1.807) is 17.4 Å². The molecule has 0 bridgehead atoms. The number of thiophene rings is 1. The zero-order valence-corrected chi connectivity index (χ0v) is 14.7. The minimum Gasteiger partial charge on any atom is -0.204 e. The fourth-order valence-electron chi connectivity index (χ4n) is 2.27. The third-order valence-corrected chi connectivity index (χ3v) is 6.11. The van der Waals surface area contributed by atoms with Crippen LogP contribution in [0.2, 0.25) is 0 Å². The summed E-state index contributed by atoms with van der Waals surface area (Å²) in [5, 5.41) is 3.29. The van der Waals surface area contributed by atoms with Gasteiger partial charge < -0.3 is 0 Å². The first-order valence-corrected chi connectivity index (χ1v) is 8.88. The molecule has 5 heteroatoms. The zero-order chi connectivity index (χ0) is 15.0. The molecule has 2 aromatic carbocycles. The fourth-order valence-corrected chi connectivity index (χ4v) is 4.87. The molecule has 0 nitrogen and oxygen atoms in total. The van der Waals surface area contributed by atoms with Gasteiger partial charge in [-0.05, 0) is 62.4 Å². The highest BCUT2D eigenvalue weighted by Gasteiger charge is 2.15. The molecule has 0 amide bonds. The molecule has 0 N–H and O–H groups in total. The van der Waals surface area contributed by atoms with Crippen molar-refractivity contribution in [2.75, 3.05) is 0 Å². The van der Waals surface area contributed by atoms with Crippen LogP contribution in [0.5, 0.6) is 0 Å². The third kappa shape index (κ3) is 3.05. The lowest BCUT2D eigenvalue weighted by atomic mass is 10.0. The van der Waals surface area contributed by atoms with Crippen molar-refractivity contribution in [3.8, 4) is 0 Å². The third-order valence-electron chi connectivity index (χ3n) is 3.32. The van der Waals surface area contributed by atoms with E-state index in [9.17, 15) is 8.78 Å². The molecule has 1 unspecified atom stereocenters. The molecule has 0 aliphatic heterocycles. The molecular weight excluding hydrogens is 422 g/mol. The van der Waals surface area contributed by atoms with E-state index in [0.29, 0.717) is 6.42 Å². The van der Waals surface area contributed by atoms with Crippen LogP contribution in [-0.2, 0) is 6.42 Å². The topological polar surface area (TPSA) is 0 Å². The Morgan fingerprint density at radius 2 is 1.90 bits per heavy atom. The molecule has 1 aromatic heterocycles. The Kier molecular flexibility index (Phi) is 4.43. The predicted molar refractivity (Wildman–Crippen MR) is 91.3 cm³/mol. The lowest BCUT2D eigenvalue weighted by Gasteiger charge is -2.10. The quantitative estimate of drug-likeness (QED) is 0.408. The minimum absolute atomic E-state index is 0.0606. The van der Waals surface area contributed by atoms with E-state index in [-0.39, 0.29) is 4.83 Å². The van der Waals surface area contributed by atoms with Crippen molar-refractivity contribution in [2.45, 2.75) is 11.2 Å². The highest BCUT2D eigenvalue weighted by molar-refractivity contribution is 9.10. The maximum atomic E-state index is 13.3. The van der Waals surface area contributed by atoms with Gasteiger partial charge in [0.15, 0.2) is 11.6 Å². The second-order valence-corrected chi connectivity index (χ2v) is 7.57. The van der Waals surface area contributed by atoms with Gasteiger partial charge in [-0.1, -0.05) is 34.1 Å². The van der Waals surface area contributed by atoms with Crippen molar-refractivity contribution in [1.29, 1.82) is 0 Å². The maximum absolute atomic E-state index is 13.3. The number of benzene rings is 2. The molecule has 3 rings (SSSR count). The van der Waals surface area contributed by atoms with E-state index < -0.39 is 11.6 Å².